The topological polar surface area (TPSA) is 107 Å². The van der Waals surface area contributed by atoms with E-state index >= 15 is 0 Å². The molecule has 1 aliphatic carbocycles. The van der Waals surface area contributed by atoms with Gasteiger partial charge in [-0.15, -0.1) is 0 Å². The predicted molar refractivity (Wildman–Crippen MR) is 130 cm³/mol. The molecule has 1 aliphatic rings. The van der Waals surface area contributed by atoms with E-state index in [0.717, 1.165) is 0 Å². The number of nitrogens with zero attached hydrogens (tertiary/aromatic N) is 3. The van der Waals surface area contributed by atoms with Crippen molar-refractivity contribution in [2.75, 3.05) is 25.6 Å². The number of anilines is 2. The number of ketones is 1. The molecule has 0 aliphatic heterocycles. The summed E-state index contributed by atoms with van der Waals surface area (Å²) >= 11 is 6.34. The normalized spacial score (nSPS) is 14.5. The van der Waals surface area contributed by atoms with Crippen LogP contribution in [-0.2, 0) is 23.1 Å². The minimum atomic E-state index is -4.57. The Morgan fingerprint density at radius 3 is 2.54 bits per heavy atom. The van der Waals surface area contributed by atoms with E-state index in [2.05, 4.69) is 20.6 Å². The SMILES string of the molecule is COCCOc1nc2c(cc1C(C)=O)nc(Nc1cc(CNC(=O)C3(C(F)(F)F)CC3)ccc1Cl)n2C. The van der Waals surface area contributed by atoms with E-state index in [-0.39, 0.29) is 43.2 Å². The lowest BCUT2D eigenvalue weighted by atomic mass is 10.1. The molecular formula is C24H25ClF3N5O4. The predicted octanol–water partition coefficient (Wildman–Crippen LogP) is 4.55. The molecule has 3 aromatic rings. The molecule has 13 heteroatoms. The lowest BCUT2D eigenvalue weighted by Crippen LogP contribution is -2.40. The molecule has 1 amide bonds. The van der Waals surface area contributed by atoms with Crippen LogP contribution in [0.4, 0.5) is 24.8 Å². The van der Waals surface area contributed by atoms with Crippen molar-refractivity contribution in [3.63, 3.8) is 0 Å². The standard InChI is InChI=1S/C24H25ClF3N5O4/c1-13(34)15-11-18-19(32-20(15)37-9-8-36-3)33(2)22(31-18)30-17-10-14(4-5-16(17)25)12-29-21(35)23(6-7-23)24(26,27)28/h4-5,10-11H,6-9,12H2,1-3H3,(H,29,35)(H,30,31). The Bertz CT molecular complexity index is 1350. The fourth-order valence-corrected chi connectivity index (χ4v) is 3.97. The lowest BCUT2D eigenvalue weighted by Gasteiger charge is -2.18. The van der Waals surface area contributed by atoms with E-state index in [0.29, 0.717) is 40.0 Å². The molecule has 37 heavy (non-hydrogen) atoms. The van der Waals surface area contributed by atoms with Crippen molar-refractivity contribution < 1.29 is 32.2 Å². The second-order valence-electron chi connectivity index (χ2n) is 8.78. The number of carbonyl (C=O) groups excluding carboxylic acids is 2. The van der Waals surface area contributed by atoms with E-state index in [1.807, 2.05) is 0 Å². The number of carbonyl (C=O) groups is 2. The summed E-state index contributed by atoms with van der Waals surface area (Å²) in [5, 5.41) is 5.80. The van der Waals surface area contributed by atoms with Gasteiger partial charge in [-0.3, -0.25) is 14.2 Å². The number of halogens is 4. The third-order valence-electron chi connectivity index (χ3n) is 6.17. The second-order valence-corrected chi connectivity index (χ2v) is 9.18. The van der Waals surface area contributed by atoms with Crippen molar-refractivity contribution in [2.45, 2.75) is 32.5 Å². The van der Waals surface area contributed by atoms with Crippen LogP contribution in [0.5, 0.6) is 5.88 Å². The Labute approximate surface area is 215 Å². The fraction of sp³-hybridized carbons (Fsp3) is 0.417. The van der Waals surface area contributed by atoms with Crippen LogP contribution < -0.4 is 15.4 Å². The molecule has 4 rings (SSSR count). The zero-order valence-electron chi connectivity index (χ0n) is 20.3. The third kappa shape index (κ3) is 5.35. The van der Waals surface area contributed by atoms with E-state index in [1.54, 1.807) is 35.9 Å². The minimum absolute atomic E-state index is 0.100. The molecule has 198 valence electrons. The fourth-order valence-electron chi connectivity index (χ4n) is 3.81. The molecule has 0 bridgehead atoms. The summed E-state index contributed by atoms with van der Waals surface area (Å²) < 4.78 is 51.8. The molecule has 0 unspecified atom stereocenters. The number of rotatable bonds is 10. The quantitative estimate of drug-likeness (QED) is 0.287. The summed E-state index contributed by atoms with van der Waals surface area (Å²) in [4.78, 5) is 33.3. The zero-order chi connectivity index (χ0) is 27.0. The first kappa shape index (κ1) is 26.7. The summed E-state index contributed by atoms with van der Waals surface area (Å²) in [6, 6.07) is 6.38. The van der Waals surface area contributed by atoms with Crippen LogP contribution >= 0.6 is 11.6 Å². The largest absolute Gasteiger partial charge is 0.475 e. The number of pyridine rings is 1. The number of methoxy groups -OCH3 is 1. The van der Waals surface area contributed by atoms with Crippen molar-refractivity contribution in [3.8, 4) is 5.88 Å². The number of amides is 1. The van der Waals surface area contributed by atoms with Crippen molar-refractivity contribution in [2.24, 2.45) is 12.5 Å². The van der Waals surface area contributed by atoms with Gasteiger partial charge < -0.3 is 20.1 Å². The first-order chi connectivity index (χ1) is 17.5. The average molecular weight is 540 g/mol. The molecule has 0 spiro atoms. The molecule has 2 heterocycles. The highest BCUT2D eigenvalue weighted by Gasteiger charge is 2.68. The van der Waals surface area contributed by atoms with Crippen LogP contribution in [0.2, 0.25) is 5.02 Å². The van der Waals surface area contributed by atoms with Crippen LogP contribution in [0.25, 0.3) is 11.2 Å². The summed E-state index contributed by atoms with van der Waals surface area (Å²) in [5.41, 5.74) is -0.158. The van der Waals surface area contributed by atoms with Gasteiger partial charge >= 0.3 is 6.18 Å². The second kappa shape index (κ2) is 10.2. The minimum Gasteiger partial charge on any atom is -0.475 e. The summed E-state index contributed by atoms with van der Waals surface area (Å²) in [6.07, 6.45) is -4.99. The molecule has 0 radical (unpaired) electrons. The van der Waals surface area contributed by atoms with E-state index in [9.17, 15) is 22.8 Å². The Balaban J connectivity index is 1.55. The summed E-state index contributed by atoms with van der Waals surface area (Å²) in [6.45, 7) is 1.83. The zero-order valence-corrected chi connectivity index (χ0v) is 21.1. The molecule has 2 N–H and O–H groups in total. The van der Waals surface area contributed by atoms with Crippen LogP contribution in [0.15, 0.2) is 24.3 Å². The van der Waals surface area contributed by atoms with Crippen molar-refractivity contribution in [3.05, 3.63) is 40.4 Å². The molecule has 1 saturated carbocycles. The number of aromatic nitrogens is 3. The Morgan fingerprint density at radius 2 is 1.92 bits per heavy atom. The first-order valence-corrected chi connectivity index (χ1v) is 11.8. The Kier molecular flexibility index (Phi) is 7.33. The first-order valence-electron chi connectivity index (χ1n) is 11.4. The Hall–Kier alpha value is -3.38. The smallest absolute Gasteiger partial charge is 0.403 e. The van der Waals surface area contributed by atoms with Gasteiger partial charge in [-0.2, -0.15) is 18.2 Å². The van der Waals surface area contributed by atoms with Gasteiger partial charge in [0.15, 0.2) is 11.4 Å². The number of nitrogens with one attached hydrogen (secondary N) is 2. The maximum atomic E-state index is 13.2. The van der Waals surface area contributed by atoms with Gasteiger partial charge in [-0.05, 0) is 43.5 Å². The third-order valence-corrected chi connectivity index (χ3v) is 6.50. The number of alkyl halides is 3. The van der Waals surface area contributed by atoms with E-state index in [1.165, 1.54) is 14.0 Å². The van der Waals surface area contributed by atoms with E-state index < -0.39 is 17.5 Å². The number of hydrogen-bond donors (Lipinski definition) is 2. The van der Waals surface area contributed by atoms with Gasteiger partial charge in [0.05, 0.1) is 22.9 Å². The highest BCUT2D eigenvalue weighted by Crippen LogP contribution is 2.57. The summed E-state index contributed by atoms with van der Waals surface area (Å²) in [7, 11) is 3.24. The number of ether oxygens (including phenoxy) is 2. The van der Waals surface area contributed by atoms with Crippen molar-refractivity contribution >= 4 is 46.1 Å². The van der Waals surface area contributed by atoms with Crippen molar-refractivity contribution in [1.82, 2.24) is 19.9 Å². The average Bonchev–Trinajstić information content (AvgIpc) is 3.61. The van der Waals surface area contributed by atoms with Crippen molar-refractivity contribution in [1.29, 1.82) is 0 Å². The van der Waals surface area contributed by atoms with Gasteiger partial charge in [0.2, 0.25) is 17.7 Å². The number of aryl methyl sites for hydroxylation is 1. The molecular weight excluding hydrogens is 515 g/mol. The van der Waals surface area contributed by atoms with Crippen LogP contribution in [-0.4, -0.2) is 52.7 Å². The number of Topliss-reactive ketones (excluding diaryl/α,β-unsaturated/α-hetero) is 1. The van der Waals surface area contributed by atoms with Crippen LogP contribution in [0.1, 0.15) is 35.7 Å². The van der Waals surface area contributed by atoms with Gasteiger partial charge in [-0.25, -0.2) is 4.98 Å². The maximum Gasteiger partial charge on any atom is 0.403 e. The van der Waals surface area contributed by atoms with Gasteiger partial charge in [-0.1, -0.05) is 17.7 Å². The molecule has 0 atom stereocenters. The maximum absolute atomic E-state index is 13.2. The summed E-state index contributed by atoms with van der Waals surface area (Å²) in [5.74, 6) is -0.758. The lowest BCUT2D eigenvalue weighted by molar-refractivity contribution is -0.192. The number of imidazole rings is 1. The molecule has 9 nitrogen and oxygen atoms in total. The Morgan fingerprint density at radius 1 is 1.19 bits per heavy atom. The highest BCUT2D eigenvalue weighted by molar-refractivity contribution is 6.33. The van der Waals surface area contributed by atoms with Gasteiger partial charge in [0.1, 0.15) is 17.5 Å². The molecule has 1 fully saturated rings. The molecule has 2 aromatic heterocycles. The van der Waals surface area contributed by atoms with Crippen LogP contribution in [0, 0.1) is 5.41 Å². The van der Waals surface area contributed by atoms with Gasteiger partial charge in [0.25, 0.3) is 0 Å². The number of hydrogen-bond acceptors (Lipinski definition) is 7. The van der Waals surface area contributed by atoms with Gasteiger partial charge in [0, 0.05) is 20.7 Å². The molecule has 1 aromatic carbocycles. The molecule has 0 saturated heterocycles. The number of fused-ring (bicyclic) bond motifs is 1. The highest BCUT2D eigenvalue weighted by atomic mass is 35.5. The van der Waals surface area contributed by atoms with E-state index in [4.69, 9.17) is 21.1 Å². The van der Waals surface area contributed by atoms with Crippen LogP contribution in [0.3, 0.4) is 0 Å². The number of benzene rings is 1. The monoisotopic (exact) mass is 539 g/mol.